The van der Waals surface area contributed by atoms with E-state index in [-0.39, 0.29) is 13.2 Å². The Balaban J connectivity index is 2.34. The largest absolute Gasteiger partial charge is 0.480 e. The average Bonchev–Trinajstić information content (AvgIpc) is 2.19. The molecule has 1 heterocycles. The highest BCUT2D eigenvalue weighted by Crippen LogP contribution is 2.08. The Kier molecular flexibility index (Phi) is 4.86. The van der Waals surface area contributed by atoms with Gasteiger partial charge in [-0.2, -0.15) is 0 Å². The molecule has 5 nitrogen and oxygen atoms in total. The molecule has 0 aromatic heterocycles. The van der Waals surface area contributed by atoms with E-state index in [2.05, 4.69) is 0 Å². The van der Waals surface area contributed by atoms with Crippen LogP contribution in [-0.4, -0.2) is 60.0 Å². The number of carbonyl (C=O) groups is 1. The summed E-state index contributed by atoms with van der Waals surface area (Å²) < 4.78 is 5.11. The van der Waals surface area contributed by atoms with E-state index < -0.39 is 12.0 Å². The third-order valence-corrected chi connectivity index (χ3v) is 2.38. The van der Waals surface area contributed by atoms with Crippen molar-refractivity contribution in [1.29, 1.82) is 0 Å². The summed E-state index contributed by atoms with van der Waals surface area (Å²) in [7, 11) is 0. The molecule has 0 bridgehead atoms. The van der Waals surface area contributed by atoms with Crippen LogP contribution < -0.4 is 0 Å². The molecule has 1 atom stereocenters. The van der Waals surface area contributed by atoms with Crippen LogP contribution in [0.5, 0.6) is 0 Å². The van der Waals surface area contributed by atoms with Crippen molar-refractivity contribution in [2.75, 3.05) is 32.9 Å². The van der Waals surface area contributed by atoms with Gasteiger partial charge in [0, 0.05) is 13.2 Å². The Morgan fingerprint density at radius 3 is 2.93 bits per heavy atom. The van der Waals surface area contributed by atoms with Crippen molar-refractivity contribution in [3.63, 3.8) is 0 Å². The maximum absolute atomic E-state index is 10.8. The number of aliphatic carboxylic acids is 1. The third-order valence-electron chi connectivity index (χ3n) is 2.38. The van der Waals surface area contributed by atoms with Gasteiger partial charge in [0.2, 0.25) is 0 Å². The molecule has 0 amide bonds. The second kappa shape index (κ2) is 5.95. The number of rotatable bonds is 5. The number of nitrogens with zero attached hydrogens (tertiary/aromatic N) is 1. The number of carboxylic acids is 1. The van der Waals surface area contributed by atoms with Gasteiger partial charge in [0.1, 0.15) is 6.04 Å². The molecule has 1 aliphatic heterocycles. The van der Waals surface area contributed by atoms with Gasteiger partial charge in [0.05, 0.1) is 13.2 Å². The first-order chi connectivity index (χ1) is 6.75. The van der Waals surface area contributed by atoms with Crippen molar-refractivity contribution < 1.29 is 19.7 Å². The first-order valence-corrected chi connectivity index (χ1v) is 4.91. The number of carboxylic acid groups (broad SMARTS) is 1. The molecule has 14 heavy (non-hydrogen) atoms. The molecule has 1 fully saturated rings. The van der Waals surface area contributed by atoms with Gasteiger partial charge >= 0.3 is 5.97 Å². The van der Waals surface area contributed by atoms with Crippen LogP contribution in [-0.2, 0) is 9.53 Å². The molecule has 0 aliphatic carbocycles. The Hall–Kier alpha value is -0.650. The lowest BCUT2D eigenvalue weighted by Crippen LogP contribution is -2.50. The molecule has 1 aliphatic rings. The molecule has 82 valence electrons. The molecule has 0 saturated carbocycles. The Bertz CT molecular complexity index is 186. The van der Waals surface area contributed by atoms with E-state index in [1.807, 2.05) is 4.90 Å². The van der Waals surface area contributed by atoms with Gasteiger partial charge in [-0.1, -0.05) is 0 Å². The minimum absolute atomic E-state index is 0.169. The van der Waals surface area contributed by atoms with E-state index in [4.69, 9.17) is 14.9 Å². The van der Waals surface area contributed by atoms with Gasteiger partial charge in [-0.3, -0.25) is 9.69 Å². The van der Waals surface area contributed by atoms with Crippen molar-refractivity contribution in [1.82, 2.24) is 4.90 Å². The van der Waals surface area contributed by atoms with Crippen molar-refractivity contribution in [2.24, 2.45) is 0 Å². The Morgan fingerprint density at radius 1 is 1.50 bits per heavy atom. The molecule has 0 aromatic carbocycles. The lowest BCUT2D eigenvalue weighted by atomic mass is 10.2. The zero-order valence-electron chi connectivity index (χ0n) is 8.19. The number of morpholine rings is 1. The van der Waals surface area contributed by atoms with E-state index in [9.17, 15) is 4.79 Å². The van der Waals surface area contributed by atoms with E-state index in [1.165, 1.54) is 0 Å². The molecule has 0 radical (unpaired) electrons. The lowest BCUT2D eigenvalue weighted by Gasteiger charge is -2.32. The number of aliphatic hydroxyl groups is 1. The highest BCUT2D eigenvalue weighted by Gasteiger charge is 2.28. The maximum Gasteiger partial charge on any atom is 0.323 e. The van der Waals surface area contributed by atoms with Gasteiger partial charge in [0.15, 0.2) is 0 Å². The molecule has 1 unspecified atom stereocenters. The first kappa shape index (κ1) is 11.4. The summed E-state index contributed by atoms with van der Waals surface area (Å²) in [6, 6.07) is -0.512. The number of unbranched alkanes of at least 4 members (excludes halogenated alkanes) is 1. The standard InChI is InChI=1S/C9H17NO4/c11-5-2-1-3-10-4-6-14-7-8(10)9(12)13/h8,11H,1-7H2,(H,12,13). The average molecular weight is 203 g/mol. The second-order valence-electron chi connectivity index (χ2n) is 3.40. The number of aliphatic hydroxyl groups excluding tert-OH is 1. The summed E-state index contributed by atoms with van der Waals surface area (Å²) in [6.07, 6.45) is 1.56. The quantitative estimate of drug-likeness (QED) is 0.592. The van der Waals surface area contributed by atoms with E-state index >= 15 is 0 Å². The van der Waals surface area contributed by atoms with Crippen LogP contribution in [0.4, 0.5) is 0 Å². The molecule has 1 saturated heterocycles. The highest BCUT2D eigenvalue weighted by molar-refractivity contribution is 5.73. The summed E-state index contributed by atoms with van der Waals surface area (Å²) in [5.74, 6) is -0.825. The number of hydrogen-bond acceptors (Lipinski definition) is 4. The van der Waals surface area contributed by atoms with E-state index in [1.54, 1.807) is 0 Å². The maximum atomic E-state index is 10.8. The van der Waals surface area contributed by atoms with Gasteiger partial charge in [-0.05, 0) is 19.4 Å². The molecule has 0 aromatic rings. The van der Waals surface area contributed by atoms with Crippen LogP contribution in [0.15, 0.2) is 0 Å². The van der Waals surface area contributed by atoms with Crippen molar-refractivity contribution >= 4 is 5.97 Å². The summed E-state index contributed by atoms with van der Waals surface area (Å²) >= 11 is 0. The van der Waals surface area contributed by atoms with Crippen molar-refractivity contribution in [2.45, 2.75) is 18.9 Å². The molecule has 2 N–H and O–H groups in total. The fourth-order valence-corrected chi connectivity index (χ4v) is 1.56. The molecule has 0 spiro atoms. The van der Waals surface area contributed by atoms with Crippen LogP contribution in [0.1, 0.15) is 12.8 Å². The topological polar surface area (TPSA) is 70.0 Å². The SMILES string of the molecule is O=C(O)C1COCCN1CCCCO. The van der Waals surface area contributed by atoms with Crippen LogP contribution in [0.3, 0.4) is 0 Å². The van der Waals surface area contributed by atoms with Gasteiger partial charge in [0.25, 0.3) is 0 Å². The van der Waals surface area contributed by atoms with Gasteiger partial charge in [-0.15, -0.1) is 0 Å². The highest BCUT2D eigenvalue weighted by atomic mass is 16.5. The van der Waals surface area contributed by atoms with Crippen LogP contribution >= 0.6 is 0 Å². The summed E-state index contributed by atoms with van der Waals surface area (Å²) in [5, 5.41) is 17.5. The third kappa shape index (κ3) is 3.25. The van der Waals surface area contributed by atoms with Crippen LogP contribution in [0, 0.1) is 0 Å². The van der Waals surface area contributed by atoms with E-state index in [0.717, 1.165) is 19.4 Å². The minimum atomic E-state index is -0.825. The van der Waals surface area contributed by atoms with Crippen molar-refractivity contribution in [3.05, 3.63) is 0 Å². The van der Waals surface area contributed by atoms with Gasteiger partial charge in [-0.25, -0.2) is 0 Å². The number of ether oxygens (including phenoxy) is 1. The first-order valence-electron chi connectivity index (χ1n) is 4.91. The summed E-state index contributed by atoms with van der Waals surface area (Å²) in [5.41, 5.74) is 0. The molecule has 1 rings (SSSR count). The minimum Gasteiger partial charge on any atom is -0.480 e. The fraction of sp³-hybridized carbons (Fsp3) is 0.889. The van der Waals surface area contributed by atoms with E-state index in [0.29, 0.717) is 13.2 Å². The van der Waals surface area contributed by atoms with Crippen LogP contribution in [0.2, 0.25) is 0 Å². The monoisotopic (exact) mass is 203 g/mol. The lowest BCUT2D eigenvalue weighted by molar-refractivity contribution is -0.149. The predicted molar refractivity (Wildman–Crippen MR) is 50.1 cm³/mol. The summed E-state index contributed by atoms with van der Waals surface area (Å²) in [6.45, 7) is 2.43. The van der Waals surface area contributed by atoms with Gasteiger partial charge < -0.3 is 14.9 Å². The predicted octanol–water partition coefficient (Wildman–Crippen LogP) is -0.456. The number of hydrogen-bond donors (Lipinski definition) is 2. The van der Waals surface area contributed by atoms with Crippen LogP contribution in [0.25, 0.3) is 0 Å². The smallest absolute Gasteiger partial charge is 0.323 e. The molecular formula is C9H17NO4. The summed E-state index contributed by atoms with van der Waals surface area (Å²) in [4.78, 5) is 12.7. The normalized spacial score (nSPS) is 23.6. The second-order valence-corrected chi connectivity index (χ2v) is 3.40. The van der Waals surface area contributed by atoms with Crippen molar-refractivity contribution in [3.8, 4) is 0 Å². The Labute approximate surface area is 83.3 Å². The Morgan fingerprint density at radius 2 is 2.29 bits per heavy atom. The zero-order chi connectivity index (χ0) is 10.4. The zero-order valence-corrected chi connectivity index (χ0v) is 8.19. The fourth-order valence-electron chi connectivity index (χ4n) is 1.56. The molecular weight excluding hydrogens is 186 g/mol. The molecule has 5 heteroatoms.